The Morgan fingerprint density at radius 3 is 2.70 bits per heavy atom. The van der Waals surface area contributed by atoms with Gasteiger partial charge < -0.3 is 0 Å². The molecular weight excluding hydrogens is 456 g/mol. The lowest BCUT2D eigenvalue weighted by atomic mass is 10.1. The minimum atomic E-state index is -3.83. The summed E-state index contributed by atoms with van der Waals surface area (Å²) in [5, 5.41) is 4.98. The molecule has 1 amide bonds. The highest BCUT2D eigenvalue weighted by Gasteiger charge is 2.36. The monoisotopic (exact) mass is 476 g/mol. The van der Waals surface area contributed by atoms with Crippen molar-refractivity contribution in [3.8, 4) is 11.4 Å². The van der Waals surface area contributed by atoms with E-state index in [0.29, 0.717) is 28.6 Å². The zero-order valence-corrected chi connectivity index (χ0v) is 19.3. The lowest BCUT2D eigenvalue weighted by molar-refractivity contribution is 0.102. The third kappa shape index (κ3) is 4.01. The van der Waals surface area contributed by atoms with Gasteiger partial charge in [0.2, 0.25) is 0 Å². The Morgan fingerprint density at radius 2 is 1.88 bits per heavy atom. The number of sulfonamides is 1. The van der Waals surface area contributed by atoms with Crippen molar-refractivity contribution in [1.82, 2.24) is 9.97 Å². The van der Waals surface area contributed by atoms with E-state index in [0.717, 1.165) is 5.56 Å². The van der Waals surface area contributed by atoms with E-state index in [-0.39, 0.29) is 16.5 Å². The molecule has 1 N–H and O–H groups in total. The number of pyridine rings is 1. The van der Waals surface area contributed by atoms with Crippen LogP contribution in [0.4, 0.5) is 10.8 Å². The summed E-state index contributed by atoms with van der Waals surface area (Å²) in [7, 11) is -3.83. The molecule has 7 nitrogen and oxygen atoms in total. The molecule has 2 aromatic carbocycles. The number of nitrogens with zero attached hydrogens (tertiary/aromatic N) is 3. The average Bonchev–Trinajstić information content (AvgIpc) is 3.43. The number of hydrogen-bond donors (Lipinski definition) is 1. The topological polar surface area (TPSA) is 92.3 Å². The number of hydrogen-bond acceptors (Lipinski definition) is 6. The van der Waals surface area contributed by atoms with Crippen LogP contribution in [-0.2, 0) is 16.4 Å². The van der Waals surface area contributed by atoms with Gasteiger partial charge in [-0.25, -0.2) is 13.4 Å². The number of para-hydroxylation sites is 1. The van der Waals surface area contributed by atoms with Crippen LogP contribution < -0.4 is 9.62 Å². The Morgan fingerprint density at radius 1 is 1.06 bits per heavy atom. The Bertz CT molecular complexity index is 1430. The standard InChI is InChI=1S/C24H20N4O3S2/c1-16-13-17-7-2-3-11-22(17)28(16)33(30,31)19-9-6-8-18(14-19)23(29)27-24-26-21(15-32-24)20-10-4-5-12-25-20/h2-12,14-16H,13H2,1H3,(H,26,27,29)/t16-/m0/s1. The molecule has 0 radical (unpaired) electrons. The molecule has 0 fully saturated rings. The van der Waals surface area contributed by atoms with Crippen LogP contribution in [-0.4, -0.2) is 30.3 Å². The van der Waals surface area contributed by atoms with E-state index in [1.54, 1.807) is 18.3 Å². The number of rotatable bonds is 5. The molecule has 0 spiro atoms. The zero-order chi connectivity index (χ0) is 23.0. The van der Waals surface area contributed by atoms with Gasteiger partial charge in [0.15, 0.2) is 5.13 Å². The predicted molar refractivity (Wildman–Crippen MR) is 129 cm³/mol. The van der Waals surface area contributed by atoms with Crippen molar-refractivity contribution in [1.29, 1.82) is 0 Å². The number of amides is 1. The molecule has 0 saturated heterocycles. The van der Waals surface area contributed by atoms with Gasteiger partial charge in [-0.3, -0.25) is 19.4 Å². The van der Waals surface area contributed by atoms with Gasteiger partial charge in [-0.1, -0.05) is 30.3 Å². The molecule has 1 atom stereocenters. The summed E-state index contributed by atoms with van der Waals surface area (Å²) in [4.78, 5) is 21.6. The molecule has 2 aromatic heterocycles. The summed E-state index contributed by atoms with van der Waals surface area (Å²) in [6.07, 6.45) is 2.33. The van der Waals surface area contributed by atoms with Crippen LogP contribution in [0.2, 0.25) is 0 Å². The smallest absolute Gasteiger partial charge is 0.264 e. The van der Waals surface area contributed by atoms with Crippen LogP contribution in [0.1, 0.15) is 22.8 Å². The maximum absolute atomic E-state index is 13.5. The van der Waals surface area contributed by atoms with Gasteiger partial charge in [0, 0.05) is 23.2 Å². The van der Waals surface area contributed by atoms with Crippen molar-refractivity contribution >= 4 is 38.1 Å². The van der Waals surface area contributed by atoms with E-state index < -0.39 is 15.9 Å². The molecule has 1 aliphatic rings. The van der Waals surface area contributed by atoms with Crippen LogP contribution in [0.25, 0.3) is 11.4 Å². The molecule has 166 valence electrons. The largest absolute Gasteiger partial charge is 0.298 e. The summed E-state index contributed by atoms with van der Waals surface area (Å²) in [6.45, 7) is 1.88. The van der Waals surface area contributed by atoms with E-state index in [4.69, 9.17) is 0 Å². The number of anilines is 2. The number of carbonyl (C=O) groups excluding carboxylic acids is 1. The minimum Gasteiger partial charge on any atom is -0.298 e. The molecular formula is C24H20N4O3S2. The van der Waals surface area contributed by atoms with Crippen molar-refractivity contribution < 1.29 is 13.2 Å². The van der Waals surface area contributed by atoms with Gasteiger partial charge in [0.05, 0.1) is 16.3 Å². The highest BCUT2D eigenvalue weighted by atomic mass is 32.2. The van der Waals surface area contributed by atoms with E-state index in [2.05, 4.69) is 15.3 Å². The maximum atomic E-state index is 13.5. The summed E-state index contributed by atoms with van der Waals surface area (Å²) in [6, 6.07) is 18.9. The Hall–Kier alpha value is -3.56. The molecule has 9 heteroatoms. The van der Waals surface area contributed by atoms with Gasteiger partial charge >= 0.3 is 0 Å². The molecule has 0 bridgehead atoms. The summed E-state index contributed by atoms with van der Waals surface area (Å²) >= 11 is 1.28. The quantitative estimate of drug-likeness (QED) is 0.455. The Balaban J connectivity index is 1.39. The first-order valence-corrected chi connectivity index (χ1v) is 12.7. The van der Waals surface area contributed by atoms with Crippen molar-refractivity contribution in [2.75, 3.05) is 9.62 Å². The number of aromatic nitrogens is 2. The summed E-state index contributed by atoms with van der Waals surface area (Å²) in [5.74, 6) is -0.427. The van der Waals surface area contributed by atoms with Crippen LogP contribution in [0.5, 0.6) is 0 Å². The fraction of sp³-hybridized carbons (Fsp3) is 0.125. The molecule has 3 heterocycles. The van der Waals surface area contributed by atoms with Crippen LogP contribution in [0, 0.1) is 0 Å². The van der Waals surface area contributed by atoms with Gasteiger partial charge in [0.1, 0.15) is 5.69 Å². The lowest BCUT2D eigenvalue weighted by Crippen LogP contribution is -2.35. The fourth-order valence-corrected chi connectivity index (χ4v) is 6.39. The Kier molecular flexibility index (Phi) is 5.43. The van der Waals surface area contributed by atoms with E-state index >= 15 is 0 Å². The van der Waals surface area contributed by atoms with E-state index in [9.17, 15) is 13.2 Å². The summed E-state index contributed by atoms with van der Waals surface area (Å²) < 4.78 is 28.4. The third-order valence-electron chi connectivity index (χ3n) is 5.45. The third-order valence-corrected chi connectivity index (χ3v) is 8.13. The first-order chi connectivity index (χ1) is 15.9. The molecule has 0 unspecified atom stereocenters. The van der Waals surface area contributed by atoms with Crippen molar-refractivity contribution in [2.45, 2.75) is 24.3 Å². The highest BCUT2D eigenvalue weighted by Crippen LogP contribution is 2.36. The van der Waals surface area contributed by atoms with E-state index in [1.807, 2.05) is 54.8 Å². The van der Waals surface area contributed by atoms with Crippen LogP contribution in [0.15, 0.2) is 83.2 Å². The van der Waals surface area contributed by atoms with E-state index in [1.165, 1.54) is 27.8 Å². The van der Waals surface area contributed by atoms with Gasteiger partial charge in [-0.15, -0.1) is 11.3 Å². The summed E-state index contributed by atoms with van der Waals surface area (Å²) in [5.41, 5.74) is 3.29. The second-order valence-electron chi connectivity index (χ2n) is 7.72. The first-order valence-electron chi connectivity index (χ1n) is 10.3. The second-order valence-corrected chi connectivity index (χ2v) is 10.4. The molecule has 1 aliphatic heterocycles. The highest BCUT2D eigenvalue weighted by molar-refractivity contribution is 7.92. The number of benzene rings is 2. The lowest BCUT2D eigenvalue weighted by Gasteiger charge is -2.24. The maximum Gasteiger partial charge on any atom is 0.264 e. The SMILES string of the molecule is C[C@H]1Cc2ccccc2N1S(=O)(=O)c1cccc(C(=O)Nc2nc(-c3ccccn3)cs2)c1. The van der Waals surface area contributed by atoms with Crippen LogP contribution >= 0.6 is 11.3 Å². The molecule has 0 aliphatic carbocycles. The van der Waals surface area contributed by atoms with Crippen molar-refractivity contribution in [2.24, 2.45) is 0 Å². The second kappa shape index (κ2) is 8.42. The predicted octanol–water partition coefficient (Wildman–Crippen LogP) is 4.60. The van der Waals surface area contributed by atoms with Crippen LogP contribution in [0.3, 0.4) is 0 Å². The number of carbonyl (C=O) groups is 1. The van der Waals surface area contributed by atoms with Gasteiger partial charge in [-0.2, -0.15) is 0 Å². The minimum absolute atomic E-state index is 0.0759. The number of nitrogens with one attached hydrogen (secondary N) is 1. The fourth-order valence-electron chi connectivity index (χ4n) is 3.95. The van der Waals surface area contributed by atoms with Crippen molar-refractivity contribution in [3.63, 3.8) is 0 Å². The van der Waals surface area contributed by atoms with Gasteiger partial charge in [-0.05, 0) is 55.3 Å². The van der Waals surface area contributed by atoms with Gasteiger partial charge in [0.25, 0.3) is 15.9 Å². The first kappa shape index (κ1) is 21.3. The number of fused-ring (bicyclic) bond motifs is 1. The van der Waals surface area contributed by atoms with Crippen molar-refractivity contribution in [3.05, 3.63) is 89.4 Å². The zero-order valence-electron chi connectivity index (χ0n) is 17.7. The Labute approximate surface area is 195 Å². The normalized spacial score (nSPS) is 15.3. The molecule has 5 rings (SSSR count). The molecule has 4 aromatic rings. The molecule has 0 saturated carbocycles. The number of thiazole rings is 1. The average molecular weight is 477 g/mol. The molecule has 33 heavy (non-hydrogen) atoms.